The minimum absolute atomic E-state index is 0.0659. The minimum atomic E-state index is -2.91. The van der Waals surface area contributed by atoms with E-state index in [4.69, 9.17) is 0 Å². The first-order valence-corrected chi connectivity index (χ1v) is 27.5. The van der Waals surface area contributed by atoms with E-state index < -0.39 is 8.07 Å². The van der Waals surface area contributed by atoms with E-state index in [0.717, 1.165) is 0 Å². The van der Waals surface area contributed by atoms with Gasteiger partial charge in [0, 0.05) is 38.6 Å². The SMILES string of the molecule is c1ccc(-c2c(-c3ccccc3)n3c4c(cc5ccccc5c24)B2c4c-3ccc3c4-n4c5c2cc(C2CCCC2)cc5c2cc(C5CCCC5)cc(c24)[Si]32c3ccccc3-c3ccccc32)cc1. The van der Waals surface area contributed by atoms with Crippen LogP contribution in [0.15, 0.2) is 176 Å². The number of aromatic nitrogens is 2. The van der Waals surface area contributed by atoms with Gasteiger partial charge in [0.25, 0.3) is 6.71 Å². The smallest absolute Gasteiger partial charge is 0.252 e. The van der Waals surface area contributed by atoms with Gasteiger partial charge < -0.3 is 9.13 Å². The molecule has 0 atom stereocenters. The highest BCUT2D eigenvalue weighted by atomic mass is 28.3. The molecular formula is C64H47BN2Si. The first-order chi connectivity index (χ1) is 33.8. The zero-order chi connectivity index (χ0) is 44.0. The van der Waals surface area contributed by atoms with Gasteiger partial charge in [0.15, 0.2) is 8.07 Å². The monoisotopic (exact) mass is 882 g/mol. The third-order valence-corrected chi connectivity index (χ3v) is 23.0. The molecule has 2 fully saturated rings. The Balaban J connectivity index is 1.13. The van der Waals surface area contributed by atoms with E-state index >= 15 is 0 Å². The lowest BCUT2D eigenvalue weighted by Gasteiger charge is -2.43. The van der Waals surface area contributed by atoms with E-state index in [0.29, 0.717) is 11.8 Å². The molecule has 17 rings (SSSR count). The zero-order valence-electron chi connectivity index (χ0n) is 38.0. The Kier molecular flexibility index (Phi) is 7.11. The molecule has 2 aromatic heterocycles. The fourth-order valence-corrected chi connectivity index (χ4v) is 21.1. The van der Waals surface area contributed by atoms with E-state index in [1.807, 2.05) is 0 Å². The van der Waals surface area contributed by atoms with Gasteiger partial charge in [-0.15, -0.1) is 0 Å². The summed E-state index contributed by atoms with van der Waals surface area (Å²) >= 11 is 0. The fraction of sp³-hybridized carbons (Fsp3) is 0.156. The van der Waals surface area contributed by atoms with Crippen molar-refractivity contribution in [3.8, 4) is 44.9 Å². The Morgan fingerprint density at radius 3 is 1.74 bits per heavy atom. The van der Waals surface area contributed by atoms with Crippen molar-refractivity contribution in [1.29, 1.82) is 0 Å². The summed E-state index contributed by atoms with van der Waals surface area (Å²) in [7, 11) is -2.91. The molecule has 0 saturated heterocycles. The summed E-state index contributed by atoms with van der Waals surface area (Å²) in [5, 5.41) is 13.3. The highest BCUT2D eigenvalue weighted by Gasteiger charge is 2.56. The number of nitrogens with zero attached hydrogens (tertiary/aromatic N) is 2. The van der Waals surface area contributed by atoms with Crippen LogP contribution >= 0.6 is 0 Å². The van der Waals surface area contributed by atoms with Crippen molar-refractivity contribution in [2.24, 2.45) is 0 Å². The predicted octanol–water partition coefficient (Wildman–Crippen LogP) is 11.3. The lowest BCUT2D eigenvalue weighted by Crippen LogP contribution is -2.77. The summed E-state index contributed by atoms with van der Waals surface area (Å²) in [6.45, 7) is 0.0659. The largest absolute Gasteiger partial charge is 0.310 e. The summed E-state index contributed by atoms with van der Waals surface area (Å²) in [5.41, 5.74) is 22.7. The van der Waals surface area contributed by atoms with Crippen molar-refractivity contribution < 1.29 is 0 Å². The van der Waals surface area contributed by atoms with Crippen molar-refractivity contribution in [2.45, 2.75) is 63.2 Å². The molecule has 2 saturated carbocycles. The third kappa shape index (κ3) is 4.35. The van der Waals surface area contributed by atoms with E-state index in [2.05, 4.69) is 185 Å². The first kappa shape index (κ1) is 36.9. The quantitative estimate of drug-likeness (QED) is 0.156. The highest BCUT2D eigenvalue weighted by molar-refractivity contribution is 7.24. The minimum Gasteiger partial charge on any atom is -0.310 e. The molecule has 0 radical (unpaired) electrons. The molecule has 320 valence electrons. The normalized spacial score (nSPS) is 16.9. The molecule has 9 aromatic carbocycles. The standard InChI is InChI=1S/C64H47BN2Si/c1-3-21-40(22-4-1)57-58-45-26-12-11-25-42(45)35-51-63(58)66(60(57)41-23-5-2-6-24-41)52-31-32-55-64-59(52)65(51)50-36-43(38-17-7-8-18-38)33-48-49-34-44(39-19-9-10-20-39)37-56(62(49)67(64)61(48)50)68(55)53-29-15-13-27-46(53)47-28-14-16-30-54(47)68/h1-6,11-16,21-39H,7-10,17-20H2. The molecule has 1 spiro atoms. The van der Waals surface area contributed by atoms with Crippen LogP contribution in [0.3, 0.4) is 0 Å². The van der Waals surface area contributed by atoms with Crippen molar-refractivity contribution in [1.82, 2.24) is 9.13 Å². The van der Waals surface area contributed by atoms with E-state index in [1.54, 1.807) is 31.9 Å². The highest BCUT2D eigenvalue weighted by Crippen LogP contribution is 2.49. The number of benzene rings is 9. The maximum atomic E-state index is 2.87. The van der Waals surface area contributed by atoms with Crippen LogP contribution in [-0.2, 0) is 0 Å². The lowest BCUT2D eigenvalue weighted by atomic mass is 9.34. The second-order valence-corrected chi connectivity index (χ2v) is 24.8. The Morgan fingerprint density at radius 2 is 1.03 bits per heavy atom. The van der Waals surface area contributed by atoms with E-state index in [9.17, 15) is 0 Å². The topological polar surface area (TPSA) is 9.86 Å². The molecule has 6 heterocycles. The molecule has 0 amide bonds. The van der Waals surface area contributed by atoms with Crippen LogP contribution in [-0.4, -0.2) is 23.9 Å². The van der Waals surface area contributed by atoms with Gasteiger partial charge in [-0.05, 0) is 137 Å². The van der Waals surface area contributed by atoms with Gasteiger partial charge in [0.2, 0.25) is 0 Å². The van der Waals surface area contributed by atoms with Gasteiger partial charge in [0.1, 0.15) is 0 Å². The average molecular weight is 883 g/mol. The molecule has 4 heteroatoms. The van der Waals surface area contributed by atoms with E-state index in [1.165, 1.54) is 156 Å². The van der Waals surface area contributed by atoms with Crippen LogP contribution in [0.25, 0.3) is 88.4 Å². The summed E-state index contributed by atoms with van der Waals surface area (Å²) in [5.74, 6) is 1.20. The van der Waals surface area contributed by atoms with Gasteiger partial charge in [-0.2, -0.15) is 0 Å². The van der Waals surface area contributed by atoms with Crippen LogP contribution in [0.1, 0.15) is 74.3 Å². The van der Waals surface area contributed by atoms with Crippen LogP contribution in [0, 0.1) is 0 Å². The Hall–Kier alpha value is -7.14. The van der Waals surface area contributed by atoms with Gasteiger partial charge >= 0.3 is 0 Å². The second-order valence-electron chi connectivity index (χ2n) is 21.1. The predicted molar refractivity (Wildman–Crippen MR) is 289 cm³/mol. The summed E-state index contributed by atoms with van der Waals surface area (Å²) in [6.07, 6.45) is 10.5. The van der Waals surface area contributed by atoms with Crippen molar-refractivity contribution in [3.63, 3.8) is 0 Å². The van der Waals surface area contributed by atoms with Crippen molar-refractivity contribution in [2.75, 3.05) is 0 Å². The molecule has 0 bridgehead atoms. The number of fused-ring (bicyclic) bond motifs is 13. The third-order valence-electron chi connectivity index (χ3n) is 18.1. The molecule has 2 nitrogen and oxygen atoms in total. The molecule has 4 aliphatic heterocycles. The molecule has 0 unspecified atom stereocenters. The fourth-order valence-electron chi connectivity index (χ4n) is 15.5. The molecule has 11 aromatic rings. The first-order valence-electron chi connectivity index (χ1n) is 25.5. The Bertz CT molecular complexity index is 4010. The lowest BCUT2D eigenvalue weighted by molar-refractivity contribution is 0.724. The number of rotatable bonds is 4. The maximum Gasteiger partial charge on any atom is 0.252 e. The molecule has 6 aliphatic rings. The van der Waals surface area contributed by atoms with Gasteiger partial charge in [-0.3, -0.25) is 0 Å². The number of hydrogen-bond donors (Lipinski definition) is 0. The van der Waals surface area contributed by atoms with Crippen molar-refractivity contribution in [3.05, 3.63) is 187 Å². The van der Waals surface area contributed by atoms with Crippen LogP contribution in [0.5, 0.6) is 0 Å². The maximum absolute atomic E-state index is 2.91. The number of hydrogen-bond acceptors (Lipinski definition) is 0. The summed E-state index contributed by atoms with van der Waals surface area (Å²) in [4.78, 5) is 0. The van der Waals surface area contributed by atoms with Gasteiger partial charge in [-0.25, -0.2) is 0 Å². The molecular weight excluding hydrogens is 836 g/mol. The van der Waals surface area contributed by atoms with Gasteiger partial charge in [0.05, 0.1) is 16.7 Å². The molecule has 0 N–H and O–H groups in total. The zero-order valence-corrected chi connectivity index (χ0v) is 39.0. The Morgan fingerprint density at radius 1 is 0.441 bits per heavy atom. The summed E-state index contributed by atoms with van der Waals surface area (Å²) in [6, 6.07) is 69.9. The van der Waals surface area contributed by atoms with Crippen LogP contribution in [0.2, 0.25) is 0 Å². The van der Waals surface area contributed by atoms with Gasteiger partial charge in [-0.1, -0.05) is 183 Å². The second kappa shape index (κ2) is 13.1. The molecule has 2 aliphatic carbocycles. The Labute approximate surface area is 397 Å². The van der Waals surface area contributed by atoms with Crippen LogP contribution < -0.4 is 37.1 Å². The molecule has 68 heavy (non-hydrogen) atoms. The van der Waals surface area contributed by atoms with E-state index in [-0.39, 0.29) is 6.71 Å². The van der Waals surface area contributed by atoms with Crippen molar-refractivity contribution >= 4 is 95.4 Å². The summed E-state index contributed by atoms with van der Waals surface area (Å²) < 4.78 is 5.61. The van der Waals surface area contributed by atoms with Crippen LogP contribution in [0.4, 0.5) is 0 Å². The average Bonchev–Trinajstić information content (AvgIpc) is 4.27.